The van der Waals surface area contributed by atoms with E-state index in [-0.39, 0.29) is 5.03 Å². The van der Waals surface area contributed by atoms with Crippen LogP contribution in [0, 0.1) is 5.92 Å². The van der Waals surface area contributed by atoms with Gasteiger partial charge in [-0.15, -0.1) is 0 Å². The Morgan fingerprint density at radius 1 is 1.50 bits per heavy atom. The Balaban J connectivity index is 1.89. The minimum Gasteiger partial charge on any atom is -0.381 e. The number of hydrogen-bond donors (Lipinski definition) is 2. The SMILES string of the molecule is O=S(=O)(NCC1CCOCC1)c1ccn[nH]1. The van der Waals surface area contributed by atoms with Crippen molar-refractivity contribution in [1.82, 2.24) is 14.9 Å². The predicted molar refractivity (Wildman–Crippen MR) is 57.3 cm³/mol. The first-order valence-corrected chi connectivity index (χ1v) is 6.73. The molecule has 1 aromatic rings. The highest BCUT2D eigenvalue weighted by Gasteiger charge is 2.19. The zero-order valence-electron chi connectivity index (χ0n) is 8.85. The Morgan fingerprint density at radius 2 is 2.25 bits per heavy atom. The standard InChI is InChI=1S/C9H15N3O3S/c13-16(14,9-1-4-10-12-9)11-7-8-2-5-15-6-3-8/h1,4,8,11H,2-3,5-7H2,(H,10,12). The molecule has 1 saturated heterocycles. The first-order valence-electron chi connectivity index (χ1n) is 5.25. The first-order chi connectivity index (χ1) is 7.68. The van der Waals surface area contributed by atoms with Crippen LogP contribution in [0.15, 0.2) is 17.3 Å². The molecule has 0 amide bonds. The van der Waals surface area contributed by atoms with Gasteiger partial charge in [-0.2, -0.15) is 5.10 Å². The number of nitrogens with one attached hydrogen (secondary N) is 2. The van der Waals surface area contributed by atoms with E-state index in [0.717, 1.165) is 26.1 Å². The highest BCUT2D eigenvalue weighted by Crippen LogP contribution is 2.14. The van der Waals surface area contributed by atoms with Crippen LogP contribution < -0.4 is 4.72 Å². The third-order valence-electron chi connectivity index (χ3n) is 2.67. The van der Waals surface area contributed by atoms with E-state index in [9.17, 15) is 8.42 Å². The van der Waals surface area contributed by atoms with Gasteiger partial charge in [0.25, 0.3) is 10.0 Å². The van der Waals surface area contributed by atoms with Gasteiger partial charge in [0, 0.05) is 19.8 Å². The Morgan fingerprint density at radius 3 is 2.88 bits per heavy atom. The van der Waals surface area contributed by atoms with Gasteiger partial charge >= 0.3 is 0 Å². The van der Waals surface area contributed by atoms with Gasteiger partial charge in [0.15, 0.2) is 5.03 Å². The van der Waals surface area contributed by atoms with Gasteiger partial charge in [0.2, 0.25) is 0 Å². The second-order valence-corrected chi connectivity index (χ2v) is 5.56. The molecule has 1 aromatic heterocycles. The maximum absolute atomic E-state index is 11.7. The fourth-order valence-electron chi connectivity index (χ4n) is 1.65. The molecule has 90 valence electrons. The van der Waals surface area contributed by atoms with E-state index in [2.05, 4.69) is 14.9 Å². The Kier molecular flexibility index (Phi) is 3.57. The maximum Gasteiger partial charge on any atom is 0.257 e. The molecule has 0 atom stereocenters. The molecule has 1 aliphatic rings. The van der Waals surface area contributed by atoms with Crippen molar-refractivity contribution in [3.8, 4) is 0 Å². The van der Waals surface area contributed by atoms with E-state index >= 15 is 0 Å². The van der Waals surface area contributed by atoms with Crippen LogP contribution in [0.5, 0.6) is 0 Å². The van der Waals surface area contributed by atoms with Gasteiger partial charge in [-0.1, -0.05) is 0 Å². The lowest BCUT2D eigenvalue weighted by molar-refractivity contribution is 0.0678. The topological polar surface area (TPSA) is 84.1 Å². The monoisotopic (exact) mass is 245 g/mol. The highest BCUT2D eigenvalue weighted by atomic mass is 32.2. The number of H-pyrrole nitrogens is 1. The summed E-state index contributed by atoms with van der Waals surface area (Å²) in [6.45, 7) is 1.90. The highest BCUT2D eigenvalue weighted by molar-refractivity contribution is 7.89. The summed E-state index contributed by atoms with van der Waals surface area (Å²) in [6, 6.07) is 1.44. The summed E-state index contributed by atoms with van der Waals surface area (Å²) in [5.41, 5.74) is 0. The molecule has 0 spiro atoms. The molecule has 2 N–H and O–H groups in total. The molecule has 16 heavy (non-hydrogen) atoms. The van der Waals surface area contributed by atoms with Crippen molar-refractivity contribution in [3.05, 3.63) is 12.3 Å². The summed E-state index contributed by atoms with van der Waals surface area (Å²) in [7, 11) is -3.43. The van der Waals surface area contributed by atoms with Crippen LogP contribution in [0.2, 0.25) is 0 Å². The van der Waals surface area contributed by atoms with E-state index in [1.165, 1.54) is 12.3 Å². The van der Waals surface area contributed by atoms with Crippen molar-refractivity contribution >= 4 is 10.0 Å². The summed E-state index contributed by atoms with van der Waals surface area (Å²) in [5.74, 6) is 0.367. The Labute approximate surface area is 94.4 Å². The summed E-state index contributed by atoms with van der Waals surface area (Å²) < 4.78 is 31.2. The molecule has 0 saturated carbocycles. The van der Waals surface area contributed by atoms with Crippen molar-refractivity contribution in [1.29, 1.82) is 0 Å². The van der Waals surface area contributed by atoms with Gasteiger partial charge in [-0.25, -0.2) is 13.1 Å². The molecule has 0 aromatic carbocycles. The lowest BCUT2D eigenvalue weighted by atomic mass is 10.0. The van der Waals surface area contributed by atoms with Gasteiger partial charge in [0.1, 0.15) is 0 Å². The van der Waals surface area contributed by atoms with Gasteiger partial charge < -0.3 is 4.74 Å². The second-order valence-electron chi connectivity index (χ2n) is 3.83. The van der Waals surface area contributed by atoms with Crippen molar-refractivity contribution in [2.24, 2.45) is 5.92 Å². The fraction of sp³-hybridized carbons (Fsp3) is 0.667. The number of aromatic amines is 1. The average Bonchev–Trinajstić information content (AvgIpc) is 2.82. The van der Waals surface area contributed by atoms with Crippen LogP contribution in [0.4, 0.5) is 0 Å². The van der Waals surface area contributed by atoms with E-state index in [4.69, 9.17) is 4.74 Å². The summed E-state index contributed by atoms with van der Waals surface area (Å²) in [5, 5.41) is 6.17. The summed E-state index contributed by atoms with van der Waals surface area (Å²) in [4.78, 5) is 0. The smallest absolute Gasteiger partial charge is 0.257 e. The molecule has 2 heterocycles. The molecular formula is C9H15N3O3S. The molecule has 1 aliphatic heterocycles. The van der Waals surface area contributed by atoms with Crippen LogP contribution in [0.3, 0.4) is 0 Å². The van der Waals surface area contributed by atoms with Gasteiger partial charge in [0.05, 0.1) is 6.20 Å². The van der Waals surface area contributed by atoms with E-state index in [1.807, 2.05) is 0 Å². The zero-order valence-corrected chi connectivity index (χ0v) is 9.66. The lowest BCUT2D eigenvalue weighted by Gasteiger charge is -2.21. The minimum absolute atomic E-state index is 0.111. The van der Waals surface area contributed by atoms with Crippen molar-refractivity contribution in [2.75, 3.05) is 19.8 Å². The largest absolute Gasteiger partial charge is 0.381 e. The minimum atomic E-state index is -3.43. The quantitative estimate of drug-likeness (QED) is 0.789. The first kappa shape index (κ1) is 11.6. The average molecular weight is 245 g/mol. The molecule has 1 fully saturated rings. The normalized spacial score (nSPS) is 18.8. The number of ether oxygens (including phenoxy) is 1. The lowest BCUT2D eigenvalue weighted by Crippen LogP contribution is -2.32. The summed E-state index contributed by atoms with van der Waals surface area (Å²) >= 11 is 0. The van der Waals surface area contributed by atoms with E-state index < -0.39 is 10.0 Å². The maximum atomic E-state index is 11.7. The van der Waals surface area contributed by atoms with Gasteiger partial charge in [-0.3, -0.25) is 5.10 Å². The molecule has 0 bridgehead atoms. The van der Waals surface area contributed by atoms with Crippen LogP contribution in [0.1, 0.15) is 12.8 Å². The Hall–Kier alpha value is -0.920. The molecule has 0 aliphatic carbocycles. The number of nitrogens with zero attached hydrogens (tertiary/aromatic N) is 1. The van der Waals surface area contributed by atoms with Crippen LogP contribution in [0.25, 0.3) is 0 Å². The molecule has 0 radical (unpaired) electrons. The third kappa shape index (κ3) is 2.81. The molecule has 6 nitrogen and oxygen atoms in total. The van der Waals surface area contributed by atoms with Gasteiger partial charge in [-0.05, 0) is 24.8 Å². The number of rotatable bonds is 4. The molecular weight excluding hydrogens is 230 g/mol. The number of aromatic nitrogens is 2. The van der Waals surface area contributed by atoms with E-state index in [1.54, 1.807) is 0 Å². The summed E-state index contributed by atoms with van der Waals surface area (Å²) in [6.07, 6.45) is 3.24. The molecule has 0 unspecified atom stereocenters. The van der Waals surface area contributed by atoms with Crippen molar-refractivity contribution in [3.63, 3.8) is 0 Å². The second kappa shape index (κ2) is 4.94. The number of sulfonamides is 1. The Bertz CT molecular complexity index is 409. The van der Waals surface area contributed by atoms with Crippen LogP contribution in [-0.2, 0) is 14.8 Å². The zero-order chi connectivity index (χ0) is 11.4. The van der Waals surface area contributed by atoms with Crippen LogP contribution in [-0.4, -0.2) is 38.4 Å². The predicted octanol–water partition coefficient (Wildman–Crippen LogP) is 0.115. The van der Waals surface area contributed by atoms with E-state index in [0.29, 0.717) is 12.5 Å². The number of hydrogen-bond acceptors (Lipinski definition) is 4. The van der Waals surface area contributed by atoms with Crippen LogP contribution >= 0.6 is 0 Å². The molecule has 2 rings (SSSR count). The third-order valence-corrected chi connectivity index (χ3v) is 4.02. The molecule has 7 heteroatoms. The fourth-order valence-corrected chi connectivity index (χ4v) is 2.67. The van der Waals surface area contributed by atoms with Crippen molar-refractivity contribution in [2.45, 2.75) is 17.9 Å². The van der Waals surface area contributed by atoms with Crippen molar-refractivity contribution < 1.29 is 13.2 Å².